The van der Waals surface area contributed by atoms with Gasteiger partial charge in [0.25, 0.3) is 0 Å². The van der Waals surface area contributed by atoms with Crippen molar-refractivity contribution in [3.63, 3.8) is 0 Å². The van der Waals surface area contributed by atoms with E-state index in [2.05, 4.69) is 9.97 Å². The zero-order valence-electron chi connectivity index (χ0n) is 9.39. The normalized spacial score (nSPS) is 15.8. The topological polar surface area (TPSA) is 48.9 Å². The summed E-state index contributed by atoms with van der Waals surface area (Å²) in [5.74, 6) is 0. The number of fused-ring (bicyclic) bond motifs is 1. The van der Waals surface area contributed by atoms with Gasteiger partial charge in [0.2, 0.25) is 0 Å². The first-order valence-electron chi connectivity index (χ1n) is 5.92. The van der Waals surface area contributed by atoms with E-state index in [1.165, 1.54) is 19.3 Å². The number of imidazole rings is 1. The standard InChI is InChI=1S/C7H6N2.C6H12O.CH4/c1-2-4-7-6(3-1)8-5-9-7;7-6-4-2-1-3-5-6;/h1-5H,(H,8,9);6-7H,1-5H2;1H4. The third-order valence-electron chi connectivity index (χ3n) is 2.90. The van der Waals surface area contributed by atoms with E-state index in [1.807, 2.05) is 24.3 Å². The zero-order chi connectivity index (χ0) is 11.2. The molecule has 1 aliphatic carbocycles. The molecular weight excluding hydrogens is 212 g/mol. The van der Waals surface area contributed by atoms with Crippen LogP contribution in [-0.2, 0) is 0 Å². The van der Waals surface area contributed by atoms with E-state index < -0.39 is 0 Å². The van der Waals surface area contributed by atoms with Gasteiger partial charge in [0.15, 0.2) is 0 Å². The number of para-hydroxylation sites is 2. The predicted molar refractivity (Wildman–Crippen MR) is 71.9 cm³/mol. The number of benzene rings is 1. The molecule has 0 amide bonds. The largest absolute Gasteiger partial charge is 0.393 e. The Morgan fingerprint density at radius 1 is 1.12 bits per heavy atom. The first kappa shape index (κ1) is 13.7. The number of rotatable bonds is 0. The van der Waals surface area contributed by atoms with Crippen LogP contribution in [-0.4, -0.2) is 21.2 Å². The molecule has 3 rings (SSSR count). The highest BCUT2D eigenvalue weighted by molar-refractivity contribution is 5.73. The van der Waals surface area contributed by atoms with Gasteiger partial charge in [0.05, 0.1) is 23.5 Å². The van der Waals surface area contributed by atoms with Crippen LogP contribution >= 0.6 is 0 Å². The quantitative estimate of drug-likeness (QED) is 0.732. The fraction of sp³-hybridized carbons (Fsp3) is 0.500. The van der Waals surface area contributed by atoms with Gasteiger partial charge in [-0.15, -0.1) is 0 Å². The van der Waals surface area contributed by atoms with E-state index in [-0.39, 0.29) is 13.5 Å². The molecule has 1 fully saturated rings. The number of aromatic nitrogens is 2. The van der Waals surface area contributed by atoms with Crippen molar-refractivity contribution >= 4 is 11.0 Å². The van der Waals surface area contributed by atoms with E-state index >= 15 is 0 Å². The maximum atomic E-state index is 8.91. The highest BCUT2D eigenvalue weighted by atomic mass is 16.3. The molecule has 0 bridgehead atoms. The molecule has 1 aliphatic rings. The van der Waals surface area contributed by atoms with Crippen molar-refractivity contribution in [2.75, 3.05) is 0 Å². The molecular formula is C14H22N2O. The van der Waals surface area contributed by atoms with Gasteiger partial charge in [-0.2, -0.15) is 0 Å². The Bertz CT molecular complexity index is 389. The van der Waals surface area contributed by atoms with Crippen molar-refractivity contribution in [3.8, 4) is 0 Å². The Labute approximate surface area is 103 Å². The molecule has 3 nitrogen and oxygen atoms in total. The van der Waals surface area contributed by atoms with Gasteiger partial charge >= 0.3 is 0 Å². The number of hydrogen-bond acceptors (Lipinski definition) is 2. The van der Waals surface area contributed by atoms with Crippen LogP contribution in [0.5, 0.6) is 0 Å². The molecule has 17 heavy (non-hydrogen) atoms. The Kier molecular flexibility index (Phi) is 5.70. The van der Waals surface area contributed by atoms with Gasteiger partial charge in [-0.25, -0.2) is 4.98 Å². The molecule has 0 saturated heterocycles. The number of aliphatic hydroxyl groups excluding tert-OH is 1. The lowest BCUT2D eigenvalue weighted by Crippen LogP contribution is -2.09. The smallest absolute Gasteiger partial charge is 0.0931 e. The van der Waals surface area contributed by atoms with E-state index in [1.54, 1.807) is 6.33 Å². The number of aromatic amines is 1. The van der Waals surface area contributed by atoms with E-state index in [9.17, 15) is 0 Å². The van der Waals surface area contributed by atoms with Crippen LogP contribution in [0.1, 0.15) is 39.5 Å². The lowest BCUT2D eigenvalue weighted by molar-refractivity contribution is 0.130. The Morgan fingerprint density at radius 2 is 1.82 bits per heavy atom. The summed E-state index contributed by atoms with van der Waals surface area (Å²) in [6.07, 6.45) is 7.62. The van der Waals surface area contributed by atoms with E-state index in [0.717, 1.165) is 23.9 Å². The van der Waals surface area contributed by atoms with Crippen molar-refractivity contribution in [1.82, 2.24) is 9.97 Å². The van der Waals surface area contributed by atoms with E-state index in [4.69, 9.17) is 5.11 Å². The Morgan fingerprint density at radius 3 is 2.41 bits per heavy atom. The van der Waals surface area contributed by atoms with Crippen molar-refractivity contribution < 1.29 is 5.11 Å². The molecule has 0 unspecified atom stereocenters. The molecule has 1 aromatic heterocycles. The van der Waals surface area contributed by atoms with Gasteiger partial charge in [-0.05, 0) is 25.0 Å². The molecule has 1 saturated carbocycles. The van der Waals surface area contributed by atoms with Crippen molar-refractivity contribution in [2.24, 2.45) is 0 Å². The van der Waals surface area contributed by atoms with Gasteiger partial charge in [-0.1, -0.05) is 38.8 Å². The molecule has 1 aromatic carbocycles. The molecule has 94 valence electrons. The van der Waals surface area contributed by atoms with Crippen LogP contribution in [0.2, 0.25) is 0 Å². The summed E-state index contributed by atoms with van der Waals surface area (Å²) >= 11 is 0. The molecule has 3 heteroatoms. The Balaban J connectivity index is 0.000000166. The molecule has 0 radical (unpaired) electrons. The number of aliphatic hydroxyl groups is 1. The average Bonchev–Trinajstić information content (AvgIpc) is 2.79. The minimum atomic E-state index is 0. The lowest BCUT2D eigenvalue weighted by atomic mass is 9.98. The maximum Gasteiger partial charge on any atom is 0.0931 e. The minimum absolute atomic E-state index is 0. The van der Waals surface area contributed by atoms with Crippen LogP contribution in [0.25, 0.3) is 11.0 Å². The van der Waals surface area contributed by atoms with Crippen molar-refractivity contribution in [3.05, 3.63) is 30.6 Å². The van der Waals surface area contributed by atoms with Gasteiger partial charge in [0.1, 0.15) is 0 Å². The summed E-state index contributed by atoms with van der Waals surface area (Å²) in [6.45, 7) is 0. The lowest BCUT2D eigenvalue weighted by Gasteiger charge is -2.14. The first-order valence-corrected chi connectivity index (χ1v) is 5.92. The maximum absolute atomic E-state index is 8.91. The number of hydrogen-bond donors (Lipinski definition) is 2. The predicted octanol–water partition coefficient (Wildman–Crippen LogP) is 3.51. The minimum Gasteiger partial charge on any atom is -0.393 e. The van der Waals surface area contributed by atoms with Crippen molar-refractivity contribution in [1.29, 1.82) is 0 Å². The molecule has 0 spiro atoms. The summed E-state index contributed by atoms with van der Waals surface area (Å²) in [6, 6.07) is 7.94. The van der Waals surface area contributed by atoms with Crippen molar-refractivity contribution in [2.45, 2.75) is 45.6 Å². The average molecular weight is 234 g/mol. The number of nitrogens with zero attached hydrogens (tertiary/aromatic N) is 1. The first-order chi connectivity index (χ1) is 7.86. The molecule has 0 atom stereocenters. The second kappa shape index (κ2) is 7.07. The highest BCUT2D eigenvalue weighted by Gasteiger charge is 2.07. The third kappa shape index (κ3) is 4.19. The fourth-order valence-corrected chi connectivity index (χ4v) is 1.96. The second-order valence-corrected chi connectivity index (χ2v) is 4.21. The monoisotopic (exact) mass is 234 g/mol. The fourth-order valence-electron chi connectivity index (χ4n) is 1.96. The summed E-state index contributed by atoms with van der Waals surface area (Å²) in [5, 5.41) is 8.91. The van der Waals surface area contributed by atoms with Gasteiger partial charge < -0.3 is 10.1 Å². The molecule has 2 N–H and O–H groups in total. The van der Waals surface area contributed by atoms with Crippen LogP contribution in [0.15, 0.2) is 30.6 Å². The highest BCUT2D eigenvalue weighted by Crippen LogP contribution is 2.16. The van der Waals surface area contributed by atoms with E-state index in [0.29, 0.717) is 0 Å². The SMILES string of the molecule is C.OC1CCCCC1.c1ccc2[nH]cnc2c1. The summed E-state index contributed by atoms with van der Waals surface area (Å²) in [4.78, 5) is 7.07. The van der Waals surface area contributed by atoms with Crippen LogP contribution in [0.3, 0.4) is 0 Å². The second-order valence-electron chi connectivity index (χ2n) is 4.21. The van der Waals surface area contributed by atoms with Gasteiger partial charge in [0, 0.05) is 0 Å². The molecule has 1 heterocycles. The number of nitrogens with one attached hydrogen (secondary N) is 1. The van der Waals surface area contributed by atoms with Crippen LogP contribution in [0.4, 0.5) is 0 Å². The third-order valence-corrected chi connectivity index (χ3v) is 2.90. The number of H-pyrrole nitrogens is 1. The Hall–Kier alpha value is -1.35. The summed E-state index contributed by atoms with van der Waals surface area (Å²) in [7, 11) is 0. The zero-order valence-corrected chi connectivity index (χ0v) is 9.39. The molecule has 2 aromatic rings. The van der Waals surface area contributed by atoms with Crippen LogP contribution in [0, 0.1) is 0 Å². The van der Waals surface area contributed by atoms with Crippen LogP contribution < -0.4 is 0 Å². The summed E-state index contributed by atoms with van der Waals surface area (Å²) in [5.41, 5.74) is 2.12. The van der Waals surface area contributed by atoms with Gasteiger partial charge in [-0.3, -0.25) is 0 Å². The summed E-state index contributed by atoms with van der Waals surface area (Å²) < 4.78 is 0. The molecule has 0 aliphatic heterocycles.